The fourth-order valence-corrected chi connectivity index (χ4v) is 20.1. The van der Waals surface area contributed by atoms with Crippen LogP contribution in [0.4, 0.5) is 0 Å². The summed E-state index contributed by atoms with van der Waals surface area (Å²) < 4.78 is 19.5. The van der Waals surface area contributed by atoms with E-state index < -0.39 is 0 Å². The van der Waals surface area contributed by atoms with Gasteiger partial charge in [-0.3, -0.25) is 18.3 Å². The van der Waals surface area contributed by atoms with Crippen LogP contribution in [0.3, 0.4) is 0 Å². The number of fused-ring (bicyclic) bond motifs is 28. The second-order valence-electron chi connectivity index (χ2n) is 30.7. The largest absolute Gasteiger partial charge is 0.307 e. The highest BCUT2D eigenvalue weighted by Gasteiger charge is 2.32. The number of allylic oxidation sites excluding steroid dienone is 1. The molecule has 0 amide bonds. The first-order valence-electron chi connectivity index (χ1n) is 39.8. The van der Waals surface area contributed by atoms with E-state index in [2.05, 4.69) is 401 Å². The summed E-state index contributed by atoms with van der Waals surface area (Å²) in [5, 5.41) is 16.8. The smallest absolute Gasteiger partial charge is 0.201 e. The predicted molar refractivity (Wildman–Crippen MR) is 478 cm³/mol. The quantitative estimate of drug-likeness (QED) is 0.144. The van der Waals surface area contributed by atoms with Crippen LogP contribution in [-0.2, 0) is 6.42 Å². The minimum atomic E-state index is 0.331. The summed E-state index contributed by atoms with van der Waals surface area (Å²) in [6.07, 6.45) is 6.39. The summed E-state index contributed by atoms with van der Waals surface area (Å²) in [7, 11) is 0. The van der Waals surface area contributed by atoms with Crippen molar-refractivity contribution >= 4 is 170 Å². The van der Waals surface area contributed by atoms with E-state index >= 15 is 0 Å². The number of hydrogen-bond donors (Lipinski definition) is 0. The number of nitrogens with zero attached hydrogens (tertiary/aromatic N) is 12. The Morgan fingerprint density at radius 2 is 0.405 bits per heavy atom. The van der Waals surface area contributed by atoms with Gasteiger partial charge in [-0.05, 0) is 115 Å². The Balaban J connectivity index is 0.865. The standard InChI is InChI=1S/C104H64N12/c1-5-29-63(30-6-1)109-83-45-21-13-37-67(83)75-53-57-79-71-41-17-25-49-87(71)113(99(79)95(75)109)91-61-92(114-88-50-26-18-42-72(88)80-58-54-76-68-38-14-22-46-84(68)110(96(76)100(80)114)64-31-7-2-8-32-64)106-103(105-91)104-107-93(115-89-51-27-19-43-73(89)81-59-55-77-69-39-15-23-47-85(69)111(97(77)101(81)115)65-33-9-3-10-34-65)62-94(108-104)116-90-52-28-20-44-74(90)82-60-56-78-70-40-16-24-48-86(70)112(98(78)102(82)116)66-35-11-4-12-36-66/h1-19,21-43,45-62H,20,44H2. The lowest BCUT2D eigenvalue weighted by molar-refractivity contribution is 0.921. The molecule has 12 heteroatoms. The van der Waals surface area contributed by atoms with Crippen LogP contribution in [0.15, 0.2) is 358 Å². The van der Waals surface area contributed by atoms with E-state index in [1.165, 1.54) is 10.9 Å². The van der Waals surface area contributed by atoms with E-state index in [-0.39, 0.29) is 0 Å². The zero-order valence-electron chi connectivity index (χ0n) is 62.4. The Bertz CT molecular complexity index is 8320. The molecule has 0 bridgehead atoms. The van der Waals surface area contributed by atoms with Crippen LogP contribution in [-0.4, -0.2) is 56.5 Å². The zero-order chi connectivity index (χ0) is 75.5. The first kappa shape index (κ1) is 63.0. The maximum absolute atomic E-state index is 6.20. The van der Waals surface area contributed by atoms with Gasteiger partial charge in [-0.1, -0.05) is 255 Å². The maximum atomic E-state index is 6.20. The highest BCUT2D eigenvalue weighted by Crippen LogP contribution is 2.49. The van der Waals surface area contributed by atoms with Crippen LogP contribution in [0.2, 0.25) is 0 Å². The summed E-state index contributed by atoms with van der Waals surface area (Å²) in [6.45, 7) is 0. The lowest BCUT2D eigenvalue weighted by Crippen LogP contribution is -2.12. The van der Waals surface area contributed by atoms with E-state index in [1.54, 1.807) is 0 Å². The molecule has 0 spiro atoms. The molecule has 0 N–H and O–H groups in total. The van der Waals surface area contributed by atoms with Gasteiger partial charge in [-0.15, -0.1) is 0 Å². The molecule has 0 atom stereocenters. The summed E-state index contributed by atoms with van der Waals surface area (Å²) in [5.41, 5.74) is 22.2. The molecule has 10 aromatic heterocycles. The van der Waals surface area contributed by atoms with Crippen molar-refractivity contribution in [3.8, 4) is 57.7 Å². The van der Waals surface area contributed by atoms with Crippen LogP contribution < -0.4 is 0 Å². The van der Waals surface area contributed by atoms with Crippen LogP contribution in [0.5, 0.6) is 0 Å². The molecule has 12 nitrogen and oxygen atoms in total. The highest BCUT2D eigenvalue weighted by atomic mass is 15.2. The molecule has 26 rings (SSSR count). The number of benzene rings is 15. The molecule has 15 aromatic carbocycles. The molecule has 10 heterocycles. The second-order valence-corrected chi connectivity index (χ2v) is 30.7. The van der Waals surface area contributed by atoms with Crippen molar-refractivity contribution in [1.29, 1.82) is 0 Å². The van der Waals surface area contributed by atoms with Gasteiger partial charge in [0.05, 0.1) is 88.4 Å². The van der Waals surface area contributed by atoms with Gasteiger partial charge in [-0.25, -0.2) is 19.9 Å². The average Bonchev–Trinajstić information content (AvgIpc) is 1.55. The van der Waals surface area contributed by atoms with Gasteiger partial charge in [0.25, 0.3) is 0 Å². The van der Waals surface area contributed by atoms with Crippen LogP contribution in [0.25, 0.3) is 227 Å². The molecule has 0 unspecified atom stereocenters. The van der Waals surface area contributed by atoms with Crippen molar-refractivity contribution in [2.24, 2.45) is 0 Å². The number of aromatic nitrogens is 12. The van der Waals surface area contributed by atoms with E-state index in [9.17, 15) is 0 Å². The van der Waals surface area contributed by atoms with E-state index in [0.29, 0.717) is 34.9 Å². The van der Waals surface area contributed by atoms with E-state index in [1.807, 2.05) is 0 Å². The lowest BCUT2D eigenvalue weighted by atomic mass is 10.00. The van der Waals surface area contributed by atoms with Crippen LogP contribution >= 0.6 is 0 Å². The van der Waals surface area contributed by atoms with Gasteiger partial charge in [0.1, 0.15) is 23.3 Å². The molecule has 116 heavy (non-hydrogen) atoms. The summed E-state index contributed by atoms with van der Waals surface area (Å²) in [6, 6.07) is 128. The Labute approximate surface area is 661 Å². The predicted octanol–water partition coefficient (Wildman–Crippen LogP) is 25.5. The topological polar surface area (TPSA) is 91.0 Å². The Morgan fingerprint density at radius 3 is 0.681 bits per heavy atom. The molecule has 0 saturated heterocycles. The van der Waals surface area contributed by atoms with Gasteiger partial charge < -0.3 is 18.3 Å². The Morgan fingerprint density at radius 1 is 0.190 bits per heavy atom. The number of aryl methyl sites for hydroxylation is 1. The minimum Gasteiger partial charge on any atom is -0.307 e. The first-order valence-corrected chi connectivity index (χ1v) is 39.8. The number of hydrogen-bond acceptors (Lipinski definition) is 4. The van der Waals surface area contributed by atoms with Gasteiger partial charge in [0.2, 0.25) is 11.6 Å². The molecule has 1 aliphatic rings. The monoisotopic (exact) mass is 1480 g/mol. The van der Waals surface area contributed by atoms with Crippen molar-refractivity contribution in [2.75, 3.05) is 0 Å². The van der Waals surface area contributed by atoms with Crippen molar-refractivity contribution in [3.05, 3.63) is 369 Å². The molecule has 25 aromatic rings. The molecule has 540 valence electrons. The zero-order valence-corrected chi connectivity index (χ0v) is 62.4. The Hall–Kier alpha value is -15.7. The second kappa shape index (κ2) is 23.9. The van der Waals surface area contributed by atoms with Crippen LogP contribution in [0, 0.1) is 0 Å². The Kier molecular flexibility index (Phi) is 13.0. The summed E-state index contributed by atoms with van der Waals surface area (Å²) >= 11 is 0. The summed E-state index contributed by atoms with van der Waals surface area (Å²) in [4.78, 5) is 24.8. The normalized spacial score (nSPS) is 12.7. The average molecular weight is 1480 g/mol. The molecular formula is C104H64N12. The van der Waals surface area contributed by atoms with Crippen molar-refractivity contribution < 1.29 is 0 Å². The molecule has 0 fully saturated rings. The lowest BCUT2D eigenvalue weighted by Gasteiger charge is -2.18. The summed E-state index contributed by atoms with van der Waals surface area (Å²) in [5.74, 6) is 3.25. The van der Waals surface area contributed by atoms with Crippen molar-refractivity contribution in [2.45, 2.75) is 12.8 Å². The van der Waals surface area contributed by atoms with Gasteiger partial charge in [0.15, 0.2) is 0 Å². The van der Waals surface area contributed by atoms with Crippen LogP contribution in [0.1, 0.15) is 17.7 Å². The molecule has 1 aliphatic carbocycles. The fraction of sp³-hybridized carbons (Fsp3) is 0.0192. The van der Waals surface area contributed by atoms with Gasteiger partial charge >= 0.3 is 0 Å². The van der Waals surface area contributed by atoms with E-state index in [0.717, 1.165) is 199 Å². The third kappa shape index (κ3) is 8.64. The first-order chi connectivity index (χ1) is 57.6. The molecular weight excluding hydrogens is 1420 g/mol. The van der Waals surface area contributed by atoms with Gasteiger partial charge in [-0.2, -0.15) is 0 Å². The molecule has 0 radical (unpaired) electrons. The van der Waals surface area contributed by atoms with E-state index in [4.69, 9.17) is 19.9 Å². The SMILES string of the molecule is C1=Cc2c(c3ccc4c5ccccc5n(-c5ccccc5)c4c3n2-c2cc(-n3c4ccccc4c4ccc5c6ccccc6n(-c6ccccc6)c5c43)nc(-c3nc(-n4c5ccccc5c5ccc6c7ccccc7n(-c7ccccc7)c6c54)cc(-n4c5ccccc5c5ccc6c7ccccc7n(-c7ccccc7)c6c54)n3)n2)CC1. The van der Waals surface area contributed by atoms with Crippen molar-refractivity contribution in [1.82, 2.24) is 56.5 Å². The molecule has 0 aliphatic heterocycles. The van der Waals surface area contributed by atoms with Crippen molar-refractivity contribution in [3.63, 3.8) is 0 Å². The highest BCUT2D eigenvalue weighted by molar-refractivity contribution is 6.28. The number of rotatable bonds is 9. The third-order valence-corrected chi connectivity index (χ3v) is 24.7. The minimum absolute atomic E-state index is 0.331. The third-order valence-electron chi connectivity index (χ3n) is 24.7. The molecule has 0 saturated carbocycles. The maximum Gasteiger partial charge on any atom is 0.201 e. The number of para-hydroxylation sites is 11. The fourth-order valence-electron chi connectivity index (χ4n) is 20.1. The van der Waals surface area contributed by atoms with Gasteiger partial charge in [0, 0.05) is 116 Å².